The molecule has 0 aliphatic heterocycles. The molecule has 0 radical (unpaired) electrons. The van der Waals surface area contributed by atoms with E-state index in [1.165, 1.54) is 6.20 Å². The van der Waals surface area contributed by atoms with Gasteiger partial charge in [0.15, 0.2) is 17.3 Å². The molecule has 0 spiro atoms. The third kappa shape index (κ3) is 1.36. The van der Waals surface area contributed by atoms with Crippen molar-refractivity contribution in [1.82, 2.24) is 10.2 Å². The van der Waals surface area contributed by atoms with E-state index in [9.17, 15) is 4.79 Å². The maximum absolute atomic E-state index is 10.5. The first kappa shape index (κ1) is 8.07. The summed E-state index contributed by atoms with van der Waals surface area (Å²) in [5, 5.41) is 6.65. The van der Waals surface area contributed by atoms with Gasteiger partial charge in [-0.15, -0.1) is 0 Å². The largest absolute Gasteiger partial charge is 0.443 e. The summed E-state index contributed by atoms with van der Waals surface area (Å²) in [6.45, 7) is 0. The van der Waals surface area contributed by atoms with Gasteiger partial charge in [0.2, 0.25) is 0 Å². The fraction of sp³-hybridized carbons (Fsp3) is 0. The van der Waals surface area contributed by atoms with Gasteiger partial charge in [-0.25, -0.2) is 0 Å². The van der Waals surface area contributed by atoms with Crippen LogP contribution in [-0.2, 0) is 0 Å². The second-order valence-corrected chi connectivity index (χ2v) is 2.79. The molecule has 4 nitrogen and oxygen atoms in total. The van der Waals surface area contributed by atoms with Crippen LogP contribution >= 0.6 is 11.6 Å². The summed E-state index contributed by atoms with van der Waals surface area (Å²) >= 11 is 5.58. The van der Waals surface area contributed by atoms with Gasteiger partial charge >= 0.3 is 0 Å². The van der Waals surface area contributed by atoms with Crippen LogP contribution in [0.25, 0.3) is 11.5 Å². The molecule has 2 aromatic heterocycles. The van der Waals surface area contributed by atoms with Gasteiger partial charge in [0.1, 0.15) is 5.69 Å². The van der Waals surface area contributed by atoms with Crippen molar-refractivity contribution >= 4 is 17.9 Å². The Morgan fingerprint density at radius 3 is 3.00 bits per heavy atom. The van der Waals surface area contributed by atoms with Crippen molar-refractivity contribution in [2.24, 2.45) is 0 Å². The maximum Gasteiger partial charge on any atom is 0.194 e. The Hall–Kier alpha value is -1.55. The van der Waals surface area contributed by atoms with E-state index in [1.807, 2.05) is 0 Å². The van der Waals surface area contributed by atoms with Gasteiger partial charge in [-0.3, -0.25) is 9.89 Å². The third-order valence-corrected chi connectivity index (χ3v) is 1.82. The first-order valence-corrected chi connectivity index (χ1v) is 3.93. The highest BCUT2D eigenvalue weighted by molar-refractivity contribution is 6.29. The average molecular weight is 197 g/mol. The van der Waals surface area contributed by atoms with Crippen LogP contribution in [0.2, 0.25) is 5.22 Å². The van der Waals surface area contributed by atoms with E-state index in [4.69, 9.17) is 16.0 Å². The third-order valence-electron chi connectivity index (χ3n) is 1.62. The van der Waals surface area contributed by atoms with Gasteiger partial charge in [0.05, 0.1) is 11.8 Å². The van der Waals surface area contributed by atoms with Crippen LogP contribution < -0.4 is 0 Å². The summed E-state index contributed by atoms with van der Waals surface area (Å²) in [4.78, 5) is 10.5. The summed E-state index contributed by atoms with van der Waals surface area (Å²) in [6.07, 6.45) is 2.13. The predicted octanol–water partition coefficient (Wildman–Crippen LogP) is 2.14. The lowest BCUT2D eigenvalue weighted by atomic mass is 10.2. The zero-order valence-electron chi connectivity index (χ0n) is 6.45. The number of hydrogen-bond acceptors (Lipinski definition) is 3. The molecule has 2 aromatic rings. The Bertz CT molecular complexity index is 433. The van der Waals surface area contributed by atoms with E-state index >= 15 is 0 Å². The molecule has 0 aromatic carbocycles. The van der Waals surface area contributed by atoms with E-state index < -0.39 is 0 Å². The smallest absolute Gasteiger partial charge is 0.194 e. The van der Waals surface area contributed by atoms with Crippen molar-refractivity contribution in [1.29, 1.82) is 0 Å². The van der Waals surface area contributed by atoms with E-state index in [1.54, 1.807) is 12.1 Å². The number of aldehydes is 1. The van der Waals surface area contributed by atoms with Crippen molar-refractivity contribution in [3.8, 4) is 11.5 Å². The van der Waals surface area contributed by atoms with Gasteiger partial charge in [0.25, 0.3) is 0 Å². The summed E-state index contributed by atoms with van der Waals surface area (Å²) < 4.78 is 5.11. The molecule has 0 amide bonds. The molecule has 2 rings (SSSR count). The summed E-state index contributed by atoms with van der Waals surface area (Å²) in [7, 11) is 0. The number of carbonyl (C=O) groups is 1. The Morgan fingerprint density at radius 2 is 2.38 bits per heavy atom. The second-order valence-electron chi connectivity index (χ2n) is 2.42. The van der Waals surface area contributed by atoms with Gasteiger partial charge in [-0.05, 0) is 23.7 Å². The molecule has 0 saturated heterocycles. The van der Waals surface area contributed by atoms with E-state index in [0.29, 0.717) is 23.3 Å². The van der Waals surface area contributed by atoms with Crippen LogP contribution in [0.1, 0.15) is 10.4 Å². The van der Waals surface area contributed by atoms with Crippen LogP contribution in [0.5, 0.6) is 0 Å². The molecular formula is C8H5ClN2O2. The molecule has 0 saturated carbocycles. The summed E-state index contributed by atoms with van der Waals surface area (Å²) in [6, 6.07) is 3.27. The Kier molecular flexibility index (Phi) is 1.90. The molecule has 5 heteroatoms. The van der Waals surface area contributed by atoms with E-state index in [0.717, 1.165) is 0 Å². The lowest BCUT2D eigenvalue weighted by molar-refractivity contribution is 0.112. The highest BCUT2D eigenvalue weighted by atomic mass is 35.5. The number of aromatic amines is 1. The number of rotatable bonds is 2. The zero-order chi connectivity index (χ0) is 9.26. The Labute approximate surface area is 78.5 Å². The van der Waals surface area contributed by atoms with Crippen molar-refractivity contribution < 1.29 is 9.21 Å². The number of hydrogen-bond donors (Lipinski definition) is 1. The van der Waals surface area contributed by atoms with E-state index in [2.05, 4.69) is 10.2 Å². The van der Waals surface area contributed by atoms with Crippen molar-refractivity contribution in [3.05, 3.63) is 29.1 Å². The monoisotopic (exact) mass is 196 g/mol. The zero-order valence-corrected chi connectivity index (χ0v) is 7.21. The minimum absolute atomic E-state index is 0.279. The molecule has 0 unspecified atom stereocenters. The number of furan rings is 1. The molecular weight excluding hydrogens is 192 g/mol. The molecule has 0 aliphatic carbocycles. The normalized spacial score (nSPS) is 10.2. The van der Waals surface area contributed by atoms with Crippen LogP contribution in [0.3, 0.4) is 0 Å². The number of carbonyl (C=O) groups excluding carboxylic acids is 1. The first-order valence-electron chi connectivity index (χ1n) is 3.55. The molecule has 0 bridgehead atoms. The molecule has 1 N–H and O–H groups in total. The van der Waals surface area contributed by atoms with Crippen LogP contribution in [0.4, 0.5) is 0 Å². The van der Waals surface area contributed by atoms with Crippen LogP contribution in [-0.4, -0.2) is 16.5 Å². The molecule has 0 aliphatic rings. The lowest BCUT2D eigenvalue weighted by Crippen LogP contribution is -1.80. The summed E-state index contributed by atoms with van der Waals surface area (Å²) in [5.41, 5.74) is 0.993. The molecule has 13 heavy (non-hydrogen) atoms. The molecule has 0 atom stereocenters. The fourth-order valence-corrected chi connectivity index (χ4v) is 1.18. The van der Waals surface area contributed by atoms with Gasteiger partial charge in [-0.2, -0.15) is 5.10 Å². The van der Waals surface area contributed by atoms with Crippen molar-refractivity contribution in [2.45, 2.75) is 0 Å². The van der Waals surface area contributed by atoms with Crippen LogP contribution in [0, 0.1) is 0 Å². The van der Waals surface area contributed by atoms with Gasteiger partial charge in [0, 0.05) is 0 Å². The Morgan fingerprint density at radius 1 is 1.54 bits per heavy atom. The Balaban J connectivity index is 2.51. The quantitative estimate of drug-likeness (QED) is 0.749. The number of aromatic nitrogens is 2. The number of nitrogens with one attached hydrogen (secondary N) is 1. The summed E-state index contributed by atoms with van der Waals surface area (Å²) in [5.74, 6) is 0.504. The standard InChI is InChI=1S/C8H5ClN2O2/c9-7-2-1-6(13-7)8-5(4-12)3-10-11-8/h1-4H,(H,10,11). The number of halogens is 1. The topological polar surface area (TPSA) is 58.9 Å². The van der Waals surface area contributed by atoms with Gasteiger partial charge < -0.3 is 4.42 Å². The highest BCUT2D eigenvalue weighted by Gasteiger charge is 2.10. The SMILES string of the molecule is O=Cc1cn[nH]c1-c1ccc(Cl)o1. The second kappa shape index (κ2) is 3.06. The number of nitrogens with zero attached hydrogens (tertiary/aromatic N) is 1. The first-order chi connectivity index (χ1) is 6.31. The lowest BCUT2D eigenvalue weighted by Gasteiger charge is -1.90. The van der Waals surface area contributed by atoms with Crippen molar-refractivity contribution in [2.75, 3.05) is 0 Å². The fourth-order valence-electron chi connectivity index (χ4n) is 1.03. The maximum atomic E-state index is 10.5. The van der Waals surface area contributed by atoms with E-state index in [-0.39, 0.29) is 5.22 Å². The van der Waals surface area contributed by atoms with Crippen molar-refractivity contribution in [3.63, 3.8) is 0 Å². The minimum Gasteiger partial charge on any atom is -0.443 e. The molecule has 0 fully saturated rings. The number of H-pyrrole nitrogens is 1. The molecule has 2 heterocycles. The molecule has 66 valence electrons. The minimum atomic E-state index is 0.279. The predicted molar refractivity (Wildman–Crippen MR) is 46.7 cm³/mol. The highest BCUT2D eigenvalue weighted by Crippen LogP contribution is 2.24. The average Bonchev–Trinajstić information content (AvgIpc) is 2.71. The van der Waals surface area contributed by atoms with Gasteiger partial charge in [-0.1, -0.05) is 0 Å². The van der Waals surface area contributed by atoms with Crippen LogP contribution in [0.15, 0.2) is 22.7 Å².